The Hall–Kier alpha value is -2.53. The van der Waals surface area contributed by atoms with Crippen molar-refractivity contribution in [3.63, 3.8) is 0 Å². The van der Waals surface area contributed by atoms with Crippen LogP contribution >= 0.6 is 0 Å². The predicted octanol–water partition coefficient (Wildman–Crippen LogP) is 0.470. The molecule has 2 aromatic heterocycles. The van der Waals surface area contributed by atoms with Crippen molar-refractivity contribution in [3.05, 3.63) is 29.8 Å². The number of anilines is 1. The van der Waals surface area contributed by atoms with Crippen molar-refractivity contribution in [2.24, 2.45) is 7.05 Å². The molecule has 162 valence electrons. The molecule has 2 aromatic rings. The smallest absolute Gasteiger partial charge is 0.274 e. The van der Waals surface area contributed by atoms with Gasteiger partial charge in [-0.15, -0.1) is 0 Å². The van der Waals surface area contributed by atoms with E-state index in [-0.39, 0.29) is 16.7 Å². The van der Waals surface area contributed by atoms with E-state index in [1.165, 1.54) is 12.5 Å². The molecule has 0 unspecified atom stereocenters. The summed E-state index contributed by atoms with van der Waals surface area (Å²) >= 11 is 0. The van der Waals surface area contributed by atoms with Crippen molar-refractivity contribution in [1.82, 2.24) is 24.6 Å². The summed E-state index contributed by atoms with van der Waals surface area (Å²) in [7, 11) is -1.69. The zero-order valence-corrected chi connectivity index (χ0v) is 18.0. The molecule has 0 bridgehead atoms. The Morgan fingerprint density at radius 3 is 2.47 bits per heavy atom. The van der Waals surface area contributed by atoms with Gasteiger partial charge in [0.1, 0.15) is 10.6 Å². The van der Waals surface area contributed by atoms with Crippen molar-refractivity contribution in [2.45, 2.75) is 23.7 Å². The first-order chi connectivity index (χ1) is 14.3. The fraction of sp³-hybridized carbons (Fsp3) is 0.579. The van der Waals surface area contributed by atoms with Gasteiger partial charge in [0.2, 0.25) is 5.95 Å². The van der Waals surface area contributed by atoms with Gasteiger partial charge in [-0.2, -0.15) is 5.10 Å². The molecular formula is C19H26N6O4S. The number of rotatable bonds is 4. The van der Waals surface area contributed by atoms with Crippen LogP contribution in [0.1, 0.15) is 34.9 Å². The summed E-state index contributed by atoms with van der Waals surface area (Å²) in [6.45, 7) is 3.60. The second-order valence-corrected chi connectivity index (χ2v) is 9.72. The molecule has 1 amide bonds. The van der Waals surface area contributed by atoms with Crippen LogP contribution in [0.4, 0.5) is 5.95 Å². The molecule has 4 rings (SSSR count). The summed E-state index contributed by atoms with van der Waals surface area (Å²) in [4.78, 5) is 25.6. The average molecular weight is 435 g/mol. The van der Waals surface area contributed by atoms with E-state index in [4.69, 9.17) is 4.74 Å². The van der Waals surface area contributed by atoms with E-state index in [0.29, 0.717) is 69.6 Å². The maximum Gasteiger partial charge on any atom is 0.274 e. The van der Waals surface area contributed by atoms with Crippen molar-refractivity contribution in [3.8, 4) is 0 Å². The third-order valence-corrected chi connectivity index (χ3v) is 6.68. The normalized spacial score (nSPS) is 18.6. The summed E-state index contributed by atoms with van der Waals surface area (Å²) in [6, 6.07) is 1.70. The minimum atomic E-state index is -3.46. The number of hydrogen-bond donors (Lipinski definition) is 0. The molecule has 0 radical (unpaired) electrons. The minimum Gasteiger partial charge on any atom is -0.378 e. The molecule has 0 atom stereocenters. The molecule has 0 aromatic carbocycles. The number of likely N-dealkylation sites (tertiary alicyclic amines) is 1. The minimum absolute atomic E-state index is 0.0506. The van der Waals surface area contributed by atoms with E-state index in [9.17, 15) is 13.2 Å². The number of piperidine rings is 1. The number of aryl methyl sites for hydroxylation is 1. The Morgan fingerprint density at radius 2 is 1.87 bits per heavy atom. The Bertz CT molecular complexity index is 1020. The quantitative estimate of drug-likeness (QED) is 0.683. The van der Waals surface area contributed by atoms with Crippen LogP contribution in [-0.4, -0.2) is 84.6 Å². The summed E-state index contributed by atoms with van der Waals surface area (Å²) in [5, 5.41) is 4.18. The Labute approximate surface area is 175 Å². The van der Waals surface area contributed by atoms with E-state index >= 15 is 0 Å². The van der Waals surface area contributed by atoms with Gasteiger partial charge in [0.25, 0.3) is 5.91 Å². The largest absolute Gasteiger partial charge is 0.378 e. The summed E-state index contributed by atoms with van der Waals surface area (Å²) in [5.74, 6) is 0.382. The van der Waals surface area contributed by atoms with Crippen molar-refractivity contribution < 1.29 is 17.9 Å². The standard InChI is InChI=1S/C19H26N6O4S/c1-23-6-5-15(22-23)18(26)24-7-3-14(4-8-24)17-16(30(2,27)28)13-20-19(21-17)25-9-11-29-12-10-25/h5-6,13-14H,3-4,7-12H2,1-2H3. The Kier molecular flexibility index (Phi) is 5.74. The van der Waals surface area contributed by atoms with Gasteiger partial charge in [0, 0.05) is 51.6 Å². The van der Waals surface area contributed by atoms with Gasteiger partial charge in [-0.25, -0.2) is 18.4 Å². The van der Waals surface area contributed by atoms with Gasteiger partial charge >= 0.3 is 0 Å². The predicted molar refractivity (Wildman–Crippen MR) is 109 cm³/mol. The lowest BCUT2D eigenvalue weighted by atomic mass is 9.93. The van der Waals surface area contributed by atoms with Gasteiger partial charge < -0.3 is 14.5 Å². The molecule has 30 heavy (non-hydrogen) atoms. The van der Waals surface area contributed by atoms with Gasteiger partial charge in [-0.3, -0.25) is 9.48 Å². The van der Waals surface area contributed by atoms with Gasteiger partial charge in [0.15, 0.2) is 9.84 Å². The van der Waals surface area contributed by atoms with Gasteiger partial charge in [-0.1, -0.05) is 0 Å². The lowest BCUT2D eigenvalue weighted by Crippen LogP contribution is -2.39. The second kappa shape index (κ2) is 8.31. The molecule has 0 saturated carbocycles. The molecule has 0 aliphatic carbocycles. The van der Waals surface area contributed by atoms with Gasteiger partial charge in [-0.05, 0) is 18.9 Å². The number of ether oxygens (including phenoxy) is 1. The van der Waals surface area contributed by atoms with Crippen LogP contribution in [0.25, 0.3) is 0 Å². The third-order valence-electron chi connectivity index (χ3n) is 5.57. The zero-order valence-electron chi connectivity index (χ0n) is 17.2. The fourth-order valence-electron chi connectivity index (χ4n) is 3.92. The number of amides is 1. The molecule has 0 N–H and O–H groups in total. The van der Waals surface area contributed by atoms with Crippen LogP contribution in [0.5, 0.6) is 0 Å². The molecule has 2 saturated heterocycles. The van der Waals surface area contributed by atoms with Crippen LogP contribution in [0.3, 0.4) is 0 Å². The molecule has 4 heterocycles. The van der Waals surface area contributed by atoms with Crippen LogP contribution in [-0.2, 0) is 21.6 Å². The van der Waals surface area contributed by atoms with Crippen LogP contribution in [0.2, 0.25) is 0 Å². The maximum absolute atomic E-state index is 12.7. The van der Waals surface area contributed by atoms with E-state index in [2.05, 4.69) is 15.1 Å². The highest BCUT2D eigenvalue weighted by atomic mass is 32.2. The second-order valence-electron chi connectivity index (χ2n) is 7.73. The average Bonchev–Trinajstić information content (AvgIpc) is 3.19. The summed E-state index contributed by atoms with van der Waals surface area (Å²) in [5.41, 5.74) is 0.975. The van der Waals surface area contributed by atoms with E-state index in [1.807, 2.05) is 4.90 Å². The van der Waals surface area contributed by atoms with Crippen LogP contribution in [0.15, 0.2) is 23.4 Å². The third kappa shape index (κ3) is 4.31. The molecule has 10 nitrogen and oxygen atoms in total. The van der Waals surface area contributed by atoms with Crippen molar-refractivity contribution in [1.29, 1.82) is 0 Å². The SMILES string of the molecule is Cn1ccc(C(=O)N2CCC(c3nc(N4CCOCC4)ncc3S(C)(=O)=O)CC2)n1. The summed E-state index contributed by atoms with van der Waals surface area (Å²) < 4.78 is 31.7. The monoisotopic (exact) mass is 434 g/mol. The highest BCUT2D eigenvalue weighted by Gasteiger charge is 2.31. The van der Waals surface area contributed by atoms with Gasteiger partial charge in [0.05, 0.1) is 25.1 Å². The highest BCUT2D eigenvalue weighted by Crippen LogP contribution is 2.32. The first-order valence-electron chi connectivity index (χ1n) is 10.0. The number of aromatic nitrogens is 4. The number of nitrogens with zero attached hydrogens (tertiary/aromatic N) is 6. The number of sulfone groups is 1. The first-order valence-corrected chi connectivity index (χ1v) is 11.9. The number of hydrogen-bond acceptors (Lipinski definition) is 8. The Balaban J connectivity index is 1.54. The molecule has 11 heteroatoms. The lowest BCUT2D eigenvalue weighted by Gasteiger charge is -2.32. The number of carbonyl (C=O) groups excluding carboxylic acids is 1. The van der Waals surface area contributed by atoms with Crippen molar-refractivity contribution >= 4 is 21.7 Å². The summed E-state index contributed by atoms with van der Waals surface area (Å²) in [6.07, 6.45) is 5.63. The lowest BCUT2D eigenvalue weighted by molar-refractivity contribution is 0.0704. The topological polar surface area (TPSA) is 111 Å². The molecule has 2 fully saturated rings. The molecular weight excluding hydrogens is 408 g/mol. The number of carbonyl (C=O) groups is 1. The molecule has 2 aliphatic heterocycles. The first kappa shape index (κ1) is 20.7. The maximum atomic E-state index is 12.7. The van der Waals surface area contributed by atoms with E-state index in [1.54, 1.807) is 28.9 Å². The molecule has 2 aliphatic rings. The van der Waals surface area contributed by atoms with Crippen molar-refractivity contribution in [2.75, 3.05) is 50.5 Å². The molecule has 0 spiro atoms. The zero-order chi connectivity index (χ0) is 21.3. The van der Waals surface area contributed by atoms with E-state index in [0.717, 1.165) is 0 Å². The van der Waals surface area contributed by atoms with E-state index < -0.39 is 9.84 Å². The van der Waals surface area contributed by atoms with Crippen LogP contribution in [0, 0.1) is 0 Å². The highest BCUT2D eigenvalue weighted by molar-refractivity contribution is 7.90. The fourth-order valence-corrected chi connectivity index (χ4v) is 4.75. The number of morpholine rings is 1. The Morgan fingerprint density at radius 1 is 1.17 bits per heavy atom. The van der Waals surface area contributed by atoms with Crippen LogP contribution < -0.4 is 4.90 Å².